The lowest BCUT2D eigenvalue weighted by molar-refractivity contribution is -0.135. The number of likely N-dealkylation sites (tertiary alicyclic amines) is 1. The second-order valence-electron chi connectivity index (χ2n) is 7.97. The maximum atomic E-state index is 13.0. The first kappa shape index (κ1) is 22.0. The number of ether oxygens (including phenoxy) is 2. The van der Waals surface area contributed by atoms with Gasteiger partial charge in [-0.15, -0.1) is 0 Å². The topological polar surface area (TPSA) is 77.7 Å². The van der Waals surface area contributed by atoms with Crippen LogP contribution in [0.1, 0.15) is 54.6 Å². The summed E-state index contributed by atoms with van der Waals surface area (Å²) >= 11 is 0. The SMILES string of the molecule is COc1ccc(CCC(=O)N2CCCCC2c2noc(COCc3ccccc3)n2)cc1. The molecule has 1 saturated heterocycles. The number of hydrogen-bond acceptors (Lipinski definition) is 6. The molecule has 0 saturated carbocycles. The molecule has 0 aliphatic carbocycles. The van der Waals surface area contributed by atoms with Crippen LogP contribution < -0.4 is 4.74 Å². The van der Waals surface area contributed by atoms with E-state index >= 15 is 0 Å². The molecule has 0 radical (unpaired) electrons. The van der Waals surface area contributed by atoms with E-state index in [0.29, 0.717) is 31.2 Å². The van der Waals surface area contributed by atoms with Gasteiger partial charge >= 0.3 is 0 Å². The molecule has 168 valence electrons. The van der Waals surface area contributed by atoms with Gasteiger partial charge < -0.3 is 18.9 Å². The number of amides is 1. The van der Waals surface area contributed by atoms with E-state index in [1.165, 1.54) is 0 Å². The summed E-state index contributed by atoms with van der Waals surface area (Å²) in [6, 6.07) is 17.7. The number of nitrogens with zero attached hydrogens (tertiary/aromatic N) is 3. The van der Waals surface area contributed by atoms with Crippen LogP contribution in [-0.2, 0) is 29.2 Å². The molecule has 1 unspecified atom stereocenters. The largest absolute Gasteiger partial charge is 0.497 e. The van der Waals surface area contributed by atoms with Crippen molar-refractivity contribution in [1.29, 1.82) is 0 Å². The highest BCUT2D eigenvalue weighted by Crippen LogP contribution is 2.30. The van der Waals surface area contributed by atoms with Crippen LogP contribution in [0.3, 0.4) is 0 Å². The Morgan fingerprint density at radius 3 is 2.66 bits per heavy atom. The Kier molecular flexibility index (Phi) is 7.51. The van der Waals surface area contributed by atoms with Crippen LogP contribution in [0.15, 0.2) is 59.1 Å². The highest BCUT2D eigenvalue weighted by atomic mass is 16.5. The van der Waals surface area contributed by atoms with E-state index in [0.717, 1.165) is 42.7 Å². The fourth-order valence-electron chi connectivity index (χ4n) is 3.98. The van der Waals surface area contributed by atoms with E-state index in [9.17, 15) is 4.79 Å². The number of aryl methyl sites for hydroxylation is 1. The van der Waals surface area contributed by atoms with Crippen molar-refractivity contribution in [3.63, 3.8) is 0 Å². The van der Waals surface area contributed by atoms with Crippen LogP contribution in [0.25, 0.3) is 0 Å². The van der Waals surface area contributed by atoms with E-state index in [1.54, 1.807) is 7.11 Å². The third-order valence-corrected chi connectivity index (χ3v) is 5.73. The normalized spacial score (nSPS) is 16.2. The molecule has 32 heavy (non-hydrogen) atoms. The fraction of sp³-hybridized carbons (Fsp3) is 0.400. The summed E-state index contributed by atoms with van der Waals surface area (Å²) in [6.07, 6.45) is 4.03. The first-order chi connectivity index (χ1) is 15.7. The van der Waals surface area contributed by atoms with Gasteiger partial charge in [0.05, 0.1) is 19.8 Å². The number of aromatic nitrogens is 2. The van der Waals surface area contributed by atoms with E-state index in [1.807, 2.05) is 59.5 Å². The zero-order valence-corrected chi connectivity index (χ0v) is 18.4. The molecule has 0 bridgehead atoms. The van der Waals surface area contributed by atoms with E-state index in [4.69, 9.17) is 14.0 Å². The Balaban J connectivity index is 1.32. The van der Waals surface area contributed by atoms with Crippen LogP contribution in [0.2, 0.25) is 0 Å². The predicted molar refractivity (Wildman–Crippen MR) is 119 cm³/mol. The molecule has 7 heteroatoms. The number of carbonyl (C=O) groups is 1. The van der Waals surface area contributed by atoms with E-state index < -0.39 is 0 Å². The van der Waals surface area contributed by atoms with Crippen LogP contribution in [-0.4, -0.2) is 34.6 Å². The summed E-state index contributed by atoms with van der Waals surface area (Å²) in [6.45, 7) is 1.46. The first-order valence-corrected chi connectivity index (χ1v) is 11.1. The highest BCUT2D eigenvalue weighted by molar-refractivity contribution is 5.77. The molecule has 1 atom stereocenters. The minimum atomic E-state index is -0.140. The van der Waals surface area contributed by atoms with Gasteiger partial charge in [0.2, 0.25) is 5.91 Å². The van der Waals surface area contributed by atoms with Crippen LogP contribution >= 0.6 is 0 Å². The van der Waals surface area contributed by atoms with E-state index in [2.05, 4.69) is 10.1 Å². The molecular formula is C25H29N3O4. The van der Waals surface area contributed by atoms with Crippen molar-refractivity contribution in [3.05, 3.63) is 77.4 Å². The molecule has 1 amide bonds. The van der Waals surface area contributed by atoms with Gasteiger partial charge in [-0.2, -0.15) is 4.98 Å². The number of piperidine rings is 1. The molecule has 1 aromatic heterocycles. The quantitative estimate of drug-likeness (QED) is 0.493. The summed E-state index contributed by atoms with van der Waals surface area (Å²) in [5.74, 6) is 1.95. The van der Waals surface area contributed by atoms with Gasteiger partial charge in [0.25, 0.3) is 5.89 Å². The van der Waals surface area contributed by atoms with Crippen molar-refractivity contribution < 1.29 is 18.8 Å². The Morgan fingerprint density at radius 2 is 1.88 bits per heavy atom. The lowest BCUT2D eigenvalue weighted by atomic mass is 10.00. The van der Waals surface area contributed by atoms with Gasteiger partial charge in [0.15, 0.2) is 5.82 Å². The number of methoxy groups -OCH3 is 1. The molecular weight excluding hydrogens is 406 g/mol. The van der Waals surface area contributed by atoms with Gasteiger partial charge in [-0.05, 0) is 48.9 Å². The lowest BCUT2D eigenvalue weighted by Gasteiger charge is -2.34. The molecule has 4 rings (SSSR count). The van der Waals surface area contributed by atoms with Gasteiger partial charge in [0, 0.05) is 13.0 Å². The smallest absolute Gasteiger partial charge is 0.252 e. The van der Waals surface area contributed by atoms with Gasteiger partial charge in [0.1, 0.15) is 12.4 Å². The minimum Gasteiger partial charge on any atom is -0.497 e. The van der Waals surface area contributed by atoms with Crippen molar-refractivity contribution >= 4 is 5.91 Å². The maximum absolute atomic E-state index is 13.0. The summed E-state index contributed by atoms with van der Waals surface area (Å²) in [4.78, 5) is 19.4. The molecule has 1 fully saturated rings. The number of carbonyl (C=O) groups excluding carboxylic acids is 1. The van der Waals surface area contributed by atoms with Gasteiger partial charge in [-0.1, -0.05) is 47.6 Å². The summed E-state index contributed by atoms with van der Waals surface area (Å²) < 4.78 is 16.3. The Bertz CT molecular complexity index is 988. The number of rotatable bonds is 9. The third-order valence-electron chi connectivity index (χ3n) is 5.73. The second kappa shape index (κ2) is 10.9. The van der Waals surface area contributed by atoms with Crippen LogP contribution in [0.4, 0.5) is 0 Å². The van der Waals surface area contributed by atoms with E-state index in [-0.39, 0.29) is 18.6 Å². The summed E-state index contributed by atoms with van der Waals surface area (Å²) in [7, 11) is 1.65. The Labute approximate surface area is 188 Å². The maximum Gasteiger partial charge on any atom is 0.252 e. The van der Waals surface area contributed by atoms with Gasteiger partial charge in [-0.3, -0.25) is 4.79 Å². The Hall–Kier alpha value is -3.19. The van der Waals surface area contributed by atoms with Crippen molar-refractivity contribution in [2.45, 2.75) is 51.4 Å². The third kappa shape index (κ3) is 5.73. The molecule has 2 heterocycles. The summed E-state index contributed by atoms with van der Waals surface area (Å²) in [5, 5.41) is 4.16. The standard InChI is InChI=1S/C25H29N3O4/c1-30-21-13-10-19(11-14-21)12-15-24(29)28-16-6-5-9-22(28)25-26-23(32-27-25)18-31-17-20-7-3-2-4-8-20/h2-4,7-8,10-11,13-14,22H,5-6,9,12,15-18H2,1H3. The minimum absolute atomic E-state index is 0.122. The molecule has 0 N–H and O–H groups in total. The molecule has 1 aliphatic heterocycles. The fourth-order valence-corrected chi connectivity index (χ4v) is 3.98. The molecule has 0 spiro atoms. The lowest BCUT2D eigenvalue weighted by Crippen LogP contribution is -2.39. The highest BCUT2D eigenvalue weighted by Gasteiger charge is 2.31. The average molecular weight is 436 g/mol. The predicted octanol–water partition coefficient (Wildman–Crippen LogP) is 4.48. The first-order valence-electron chi connectivity index (χ1n) is 11.1. The van der Waals surface area contributed by atoms with Crippen LogP contribution in [0.5, 0.6) is 5.75 Å². The van der Waals surface area contributed by atoms with Crippen molar-refractivity contribution in [3.8, 4) is 5.75 Å². The molecule has 1 aliphatic rings. The number of benzene rings is 2. The van der Waals surface area contributed by atoms with Gasteiger partial charge in [-0.25, -0.2) is 0 Å². The van der Waals surface area contributed by atoms with Crippen molar-refractivity contribution in [2.75, 3.05) is 13.7 Å². The van der Waals surface area contributed by atoms with Crippen molar-refractivity contribution in [2.24, 2.45) is 0 Å². The number of hydrogen-bond donors (Lipinski definition) is 0. The molecule has 7 nitrogen and oxygen atoms in total. The molecule has 2 aromatic carbocycles. The zero-order valence-electron chi connectivity index (χ0n) is 18.4. The van der Waals surface area contributed by atoms with Crippen LogP contribution in [0, 0.1) is 0 Å². The second-order valence-corrected chi connectivity index (χ2v) is 7.97. The summed E-state index contributed by atoms with van der Waals surface area (Å²) in [5.41, 5.74) is 2.21. The Morgan fingerprint density at radius 1 is 1.06 bits per heavy atom. The average Bonchev–Trinajstić information content (AvgIpc) is 3.32. The zero-order chi connectivity index (χ0) is 22.2. The molecule has 3 aromatic rings. The monoisotopic (exact) mass is 435 g/mol. The van der Waals surface area contributed by atoms with Crippen molar-refractivity contribution in [1.82, 2.24) is 15.0 Å².